The number of amides is 1. The van der Waals surface area contributed by atoms with Gasteiger partial charge in [-0.15, -0.1) is 0 Å². The molecule has 1 aromatic rings. The van der Waals surface area contributed by atoms with Crippen molar-refractivity contribution in [3.63, 3.8) is 0 Å². The molecule has 82 valence electrons. The van der Waals surface area contributed by atoms with Crippen molar-refractivity contribution in [1.29, 1.82) is 0 Å². The maximum absolute atomic E-state index is 10.7. The number of hydrogen-bond acceptors (Lipinski definition) is 4. The molecule has 0 fully saturated rings. The predicted molar refractivity (Wildman–Crippen MR) is 55.8 cm³/mol. The molecule has 1 rings (SSSR count). The molecule has 0 heterocycles. The van der Waals surface area contributed by atoms with Gasteiger partial charge in [-0.05, 0) is 30.2 Å². The molecular weight excluding hydrogens is 196 g/mol. The maximum Gasteiger partial charge on any atom is 0.249 e. The third-order valence-corrected chi connectivity index (χ3v) is 2.20. The van der Waals surface area contributed by atoms with Gasteiger partial charge in [0, 0.05) is 5.69 Å². The van der Waals surface area contributed by atoms with E-state index in [0.717, 1.165) is 0 Å². The third-order valence-electron chi connectivity index (χ3n) is 2.20. The Hall–Kier alpha value is -1.59. The van der Waals surface area contributed by atoms with Crippen molar-refractivity contribution in [2.24, 2.45) is 5.73 Å². The van der Waals surface area contributed by atoms with Gasteiger partial charge in [0.2, 0.25) is 5.91 Å². The second-order valence-corrected chi connectivity index (χ2v) is 3.41. The number of aliphatic hydroxyl groups is 2. The molecule has 0 bridgehead atoms. The Kier molecular flexibility index (Phi) is 3.28. The fraction of sp³-hybridized carbons (Fsp3) is 0.300. The third kappa shape index (κ3) is 2.45. The molecule has 1 amide bonds. The number of carbonyl (C=O) groups excluding carboxylic acids is 1. The number of nitrogens with two attached hydrogens (primary N) is 2. The average molecular weight is 210 g/mol. The normalized spacial score (nSPS) is 14.6. The molecule has 1 aromatic carbocycles. The zero-order valence-corrected chi connectivity index (χ0v) is 8.34. The molecule has 0 saturated heterocycles. The van der Waals surface area contributed by atoms with E-state index in [-0.39, 0.29) is 0 Å². The number of rotatable bonds is 3. The van der Waals surface area contributed by atoms with Gasteiger partial charge in [0.1, 0.15) is 6.10 Å². The first-order chi connectivity index (χ1) is 6.93. The lowest BCUT2D eigenvalue weighted by Crippen LogP contribution is -2.34. The van der Waals surface area contributed by atoms with Crippen molar-refractivity contribution in [2.75, 3.05) is 5.73 Å². The lowest BCUT2D eigenvalue weighted by molar-refractivity contribution is -0.131. The minimum atomic E-state index is -1.60. The summed E-state index contributed by atoms with van der Waals surface area (Å²) >= 11 is 0. The molecule has 0 aromatic heterocycles. The average Bonchev–Trinajstić information content (AvgIpc) is 2.15. The summed E-state index contributed by atoms with van der Waals surface area (Å²) < 4.78 is 0. The Morgan fingerprint density at radius 1 is 1.40 bits per heavy atom. The molecule has 0 aliphatic rings. The van der Waals surface area contributed by atoms with Crippen molar-refractivity contribution >= 4 is 11.6 Å². The van der Waals surface area contributed by atoms with E-state index in [2.05, 4.69) is 0 Å². The van der Waals surface area contributed by atoms with Crippen LogP contribution in [0.4, 0.5) is 5.69 Å². The summed E-state index contributed by atoms with van der Waals surface area (Å²) in [7, 11) is 0. The quantitative estimate of drug-likeness (QED) is 0.502. The SMILES string of the molecule is Cc1cc(N)ccc1C(O)C(O)C(N)=O. The van der Waals surface area contributed by atoms with Gasteiger partial charge in [0.25, 0.3) is 0 Å². The van der Waals surface area contributed by atoms with Crippen LogP contribution < -0.4 is 11.5 Å². The van der Waals surface area contributed by atoms with Crippen LogP contribution >= 0.6 is 0 Å². The van der Waals surface area contributed by atoms with E-state index in [1.165, 1.54) is 0 Å². The zero-order valence-electron chi connectivity index (χ0n) is 8.34. The van der Waals surface area contributed by atoms with Crippen molar-refractivity contribution in [2.45, 2.75) is 19.1 Å². The fourth-order valence-electron chi connectivity index (χ4n) is 1.36. The van der Waals surface area contributed by atoms with Crippen LogP contribution in [0.2, 0.25) is 0 Å². The van der Waals surface area contributed by atoms with Crippen LogP contribution in [0.3, 0.4) is 0 Å². The summed E-state index contributed by atoms with van der Waals surface area (Å²) in [6.07, 6.45) is -2.92. The predicted octanol–water partition coefficient (Wildman–Crippen LogP) is -0.543. The second kappa shape index (κ2) is 4.29. The first-order valence-corrected chi connectivity index (χ1v) is 4.45. The Balaban J connectivity index is 3.01. The highest BCUT2D eigenvalue weighted by Gasteiger charge is 2.24. The van der Waals surface area contributed by atoms with E-state index in [0.29, 0.717) is 16.8 Å². The summed E-state index contributed by atoms with van der Waals surface area (Å²) in [4.78, 5) is 10.7. The van der Waals surface area contributed by atoms with Crippen LogP contribution in [0.5, 0.6) is 0 Å². The lowest BCUT2D eigenvalue weighted by atomic mass is 9.99. The molecular formula is C10H14N2O3. The summed E-state index contributed by atoms with van der Waals surface area (Å²) in [5.41, 5.74) is 12.1. The van der Waals surface area contributed by atoms with E-state index in [1.54, 1.807) is 25.1 Å². The monoisotopic (exact) mass is 210 g/mol. The number of carbonyl (C=O) groups is 1. The van der Waals surface area contributed by atoms with Gasteiger partial charge in [-0.3, -0.25) is 4.79 Å². The highest BCUT2D eigenvalue weighted by Crippen LogP contribution is 2.22. The molecule has 15 heavy (non-hydrogen) atoms. The van der Waals surface area contributed by atoms with E-state index in [4.69, 9.17) is 11.5 Å². The molecule has 5 nitrogen and oxygen atoms in total. The smallest absolute Gasteiger partial charge is 0.249 e. The number of hydrogen-bond donors (Lipinski definition) is 4. The summed E-state index contributed by atoms with van der Waals surface area (Å²) in [6.45, 7) is 1.72. The summed E-state index contributed by atoms with van der Waals surface area (Å²) in [6, 6.07) is 4.78. The van der Waals surface area contributed by atoms with Gasteiger partial charge < -0.3 is 21.7 Å². The van der Waals surface area contributed by atoms with Gasteiger partial charge in [0.05, 0.1) is 0 Å². The standard InChI is InChI=1S/C10H14N2O3/c1-5-4-6(11)2-3-7(5)8(13)9(14)10(12)15/h2-4,8-9,13-14H,11H2,1H3,(H2,12,15). The molecule has 0 aliphatic heterocycles. The Bertz CT molecular complexity index is 379. The topological polar surface area (TPSA) is 110 Å². The zero-order chi connectivity index (χ0) is 11.6. The molecule has 0 saturated carbocycles. The van der Waals surface area contributed by atoms with E-state index < -0.39 is 18.1 Å². The number of anilines is 1. The largest absolute Gasteiger partial charge is 0.399 e. The second-order valence-electron chi connectivity index (χ2n) is 3.41. The highest BCUT2D eigenvalue weighted by atomic mass is 16.3. The van der Waals surface area contributed by atoms with Crippen LogP contribution in [0, 0.1) is 6.92 Å². The van der Waals surface area contributed by atoms with Gasteiger partial charge >= 0.3 is 0 Å². The van der Waals surface area contributed by atoms with E-state index >= 15 is 0 Å². The first kappa shape index (κ1) is 11.5. The summed E-state index contributed by atoms with van der Waals surface area (Å²) in [5.74, 6) is -0.960. The highest BCUT2D eigenvalue weighted by molar-refractivity contribution is 5.79. The van der Waals surface area contributed by atoms with E-state index in [1.807, 2.05) is 0 Å². The lowest BCUT2D eigenvalue weighted by Gasteiger charge is -2.17. The van der Waals surface area contributed by atoms with Crippen molar-refractivity contribution in [3.05, 3.63) is 29.3 Å². The molecule has 2 unspecified atom stereocenters. The number of primary amides is 1. The minimum absolute atomic E-state index is 0.440. The van der Waals surface area contributed by atoms with Gasteiger partial charge in [-0.2, -0.15) is 0 Å². The van der Waals surface area contributed by atoms with Crippen molar-refractivity contribution in [1.82, 2.24) is 0 Å². The number of benzene rings is 1. The van der Waals surface area contributed by atoms with E-state index in [9.17, 15) is 15.0 Å². The molecule has 2 atom stereocenters. The first-order valence-electron chi connectivity index (χ1n) is 4.45. The summed E-state index contributed by atoms with van der Waals surface area (Å²) in [5, 5.41) is 18.9. The van der Waals surface area contributed by atoms with Gasteiger partial charge in [-0.1, -0.05) is 6.07 Å². The van der Waals surface area contributed by atoms with Gasteiger partial charge in [0.15, 0.2) is 6.10 Å². The van der Waals surface area contributed by atoms with Gasteiger partial charge in [-0.25, -0.2) is 0 Å². The van der Waals surface area contributed by atoms with Crippen LogP contribution in [0.25, 0.3) is 0 Å². The molecule has 0 radical (unpaired) electrons. The minimum Gasteiger partial charge on any atom is -0.399 e. The Labute approximate surface area is 87.3 Å². The molecule has 6 N–H and O–H groups in total. The Morgan fingerprint density at radius 2 is 2.00 bits per heavy atom. The van der Waals surface area contributed by atoms with Crippen molar-refractivity contribution < 1.29 is 15.0 Å². The van der Waals surface area contributed by atoms with Crippen LogP contribution in [-0.2, 0) is 4.79 Å². The Morgan fingerprint density at radius 3 is 2.47 bits per heavy atom. The number of aliphatic hydroxyl groups excluding tert-OH is 2. The molecule has 0 spiro atoms. The fourth-order valence-corrected chi connectivity index (χ4v) is 1.36. The van der Waals surface area contributed by atoms with Crippen LogP contribution in [-0.4, -0.2) is 22.2 Å². The van der Waals surface area contributed by atoms with Crippen LogP contribution in [0.15, 0.2) is 18.2 Å². The maximum atomic E-state index is 10.7. The number of aryl methyl sites for hydroxylation is 1. The molecule has 5 heteroatoms. The van der Waals surface area contributed by atoms with Crippen molar-refractivity contribution in [3.8, 4) is 0 Å². The number of nitrogen functional groups attached to an aromatic ring is 1. The molecule has 0 aliphatic carbocycles. The van der Waals surface area contributed by atoms with Crippen LogP contribution in [0.1, 0.15) is 17.2 Å².